The van der Waals surface area contributed by atoms with Crippen molar-refractivity contribution in [2.24, 2.45) is 0 Å². The lowest BCUT2D eigenvalue weighted by Gasteiger charge is -2.02. The SMILES string of the molecule is CC[SiH2]C(/C=C(\C)Cl)=C(\C)C=N. The van der Waals surface area contributed by atoms with E-state index in [1.807, 2.05) is 19.9 Å². The lowest BCUT2D eigenvalue weighted by Crippen LogP contribution is -1.96. The van der Waals surface area contributed by atoms with Crippen molar-refractivity contribution in [2.75, 3.05) is 0 Å². The molecule has 1 N–H and O–H groups in total. The first-order valence-corrected chi connectivity index (χ1v) is 6.24. The fourth-order valence-corrected chi connectivity index (χ4v) is 2.73. The highest BCUT2D eigenvalue weighted by Crippen LogP contribution is 2.09. The molecule has 0 aliphatic heterocycles. The van der Waals surface area contributed by atoms with Gasteiger partial charge in [0, 0.05) is 11.2 Å². The van der Waals surface area contributed by atoms with E-state index >= 15 is 0 Å². The Morgan fingerprint density at radius 1 is 1.50 bits per heavy atom. The number of hydrogen-bond donors (Lipinski definition) is 1. The summed E-state index contributed by atoms with van der Waals surface area (Å²) in [5.41, 5.74) is 1.06. The van der Waals surface area contributed by atoms with Gasteiger partial charge in [-0.25, -0.2) is 0 Å². The summed E-state index contributed by atoms with van der Waals surface area (Å²) >= 11 is 5.78. The number of halogens is 1. The Kier molecular flexibility index (Phi) is 6.03. The van der Waals surface area contributed by atoms with Gasteiger partial charge >= 0.3 is 0 Å². The lowest BCUT2D eigenvalue weighted by atomic mass is 10.3. The van der Waals surface area contributed by atoms with Gasteiger partial charge in [-0.2, -0.15) is 0 Å². The van der Waals surface area contributed by atoms with Crippen LogP contribution in [0.1, 0.15) is 20.8 Å². The fraction of sp³-hybridized carbons (Fsp3) is 0.444. The first kappa shape index (κ1) is 11.7. The molecule has 0 heterocycles. The van der Waals surface area contributed by atoms with Crippen molar-refractivity contribution in [1.29, 1.82) is 5.41 Å². The fourth-order valence-electron chi connectivity index (χ4n) is 0.985. The molecule has 1 nitrogen and oxygen atoms in total. The number of hydrogen-bond acceptors (Lipinski definition) is 1. The molecule has 12 heavy (non-hydrogen) atoms. The molecule has 3 heteroatoms. The van der Waals surface area contributed by atoms with E-state index in [4.69, 9.17) is 17.0 Å². The minimum absolute atomic E-state index is 0.198. The number of rotatable bonds is 4. The maximum absolute atomic E-state index is 7.13. The summed E-state index contributed by atoms with van der Waals surface area (Å²) in [6.45, 7) is 6.03. The number of allylic oxidation sites excluding steroid dienone is 4. The standard InChI is InChI=1S/C9H16ClNSi/c1-4-12-9(5-8(3)10)7(2)6-11/h5-6,11H,4,12H2,1-3H3/b8-5+,9-7+,11-6?. The zero-order valence-electron chi connectivity index (χ0n) is 7.95. The van der Waals surface area contributed by atoms with Crippen molar-refractivity contribution in [3.05, 3.63) is 21.9 Å². The largest absolute Gasteiger partial charge is 0.308 e. The van der Waals surface area contributed by atoms with Crippen LogP contribution in [0.5, 0.6) is 0 Å². The molecular formula is C9H16ClNSi. The second-order valence-corrected chi connectivity index (χ2v) is 5.69. The Bertz CT molecular complexity index is 215. The molecule has 0 atom stereocenters. The molecule has 68 valence electrons. The van der Waals surface area contributed by atoms with Crippen LogP contribution in [0.4, 0.5) is 0 Å². The lowest BCUT2D eigenvalue weighted by molar-refractivity contribution is 1.42. The van der Waals surface area contributed by atoms with Crippen LogP contribution in [0, 0.1) is 5.41 Å². The van der Waals surface area contributed by atoms with E-state index in [0.29, 0.717) is 0 Å². The highest BCUT2D eigenvalue weighted by atomic mass is 35.5. The average Bonchev–Trinajstić information content (AvgIpc) is 2.01. The minimum Gasteiger partial charge on any atom is -0.308 e. The van der Waals surface area contributed by atoms with E-state index < -0.39 is 0 Å². The van der Waals surface area contributed by atoms with Crippen LogP contribution < -0.4 is 0 Å². The highest BCUT2D eigenvalue weighted by molar-refractivity contribution is 6.47. The average molecular weight is 202 g/mol. The van der Waals surface area contributed by atoms with Gasteiger partial charge in [0.05, 0.1) is 9.52 Å². The predicted molar refractivity (Wildman–Crippen MR) is 60.1 cm³/mol. The van der Waals surface area contributed by atoms with Gasteiger partial charge < -0.3 is 5.41 Å². The molecule has 0 radical (unpaired) electrons. The Hall–Kier alpha value is -0.343. The Morgan fingerprint density at radius 3 is 2.42 bits per heavy atom. The van der Waals surface area contributed by atoms with E-state index in [-0.39, 0.29) is 9.52 Å². The molecule has 0 aromatic carbocycles. The smallest absolute Gasteiger partial charge is 0.0549 e. The Labute approximate surface area is 81.8 Å². The zero-order chi connectivity index (χ0) is 9.56. The second-order valence-electron chi connectivity index (χ2n) is 2.83. The molecule has 0 aliphatic carbocycles. The van der Waals surface area contributed by atoms with Crippen LogP contribution in [0.2, 0.25) is 6.04 Å². The van der Waals surface area contributed by atoms with Crippen molar-refractivity contribution in [1.82, 2.24) is 0 Å². The normalized spacial score (nSPS) is 15.2. The third-order valence-corrected chi connectivity index (χ3v) is 3.53. The summed E-state index contributed by atoms with van der Waals surface area (Å²) in [5.74, 6) is 0. The molecule has 0 amide bonds. The molecule has 0 bridgehead atoms. The first-order valence-electron chi connectivity index (χ1n) is 4.15. The van der Waals surface area contributed by atoms with Gasteiger partial charge in [-0.05, 0) is 25.5 Å². The summed E-state index contributed by atoms with van der Waals surface area (Å²) in [6.07, 6.45) is 3.41. The highest BCUT2D eigenvalue weighted by Gasteiger charge is 1.97. The molecule has 0 rings (SSSR count). The summed E-state index contributed by atoms with van der Waals surface area (Å²) < 4.78 is 0. The monoisotopic (exact) mass is 201 g/mol. The number of nitrogens with one attached hydrogen (secondary N) is 1. The maximum Gasteiger partial charge on any atom is 0.0549 e. The third kappa shape index (κ3) is 4.52. The molecule has 0 saturated heterocycles. The minimum atomic E-state index is -0.198. The van der Waals surface area contributed by atoms with E-state index in [9.17, 15) is 0 Å². The van der Waals surface area contributed by atoms with Crippen molar-refractivity contribution in [2.45, 2.75) is 26.8 Å². The summed E-state index contributed by atoms with van der Waals surface area (Å²) in [4.78, 5) is 0. The topological polar surface area (TPSA) is 23.9 Å². The van der Waals surface area contributed by atoms with Crippen LogP contribution in [-0.4, -0.2) is 15.7 Å². The van der Waals surface area contributed by atoms with Gasteiger partial charge in [-0.3, -0.25) is 0 Å². The zero-order valence-corrected chi connectivity index (χ0v) is 10.1. The van der Waals surface area contributed by atoms with Crippen LogP contribution in [0.15, 0.2) is 21.9 Å². The van der Waals surface area contributed by atoms with E-state index in [0.717, 1.165) is 10.6 Å². The molecule has 0 fully saturated rings. The van der Waals surface area contributed by atoms with Crippen molar-refractivity contribution < 1.29 is 0 Å². The molecule has 0 aromatic heterocycles. The van der Waals surface area contributed by atoms with Crippen LogP contribution >= 0.6 is 11.6 Å². The van der Waals surface area contributed by atoms with Crippen LogP contribution in [0.25, 0.3) is 0 Å². The molecule has 0 aromatic rings. The Morgan fingerprint density at radius 2 is 2.08 bits per heavy atom. The van der Waals surface area contributed by atoms with Gasteiger partial charge in [-0.1, -0.05) is 29.8 Å². The first-order chi connectivity index (χ1) is 5.61. The van der Waals surface area contributed by atoms with Crippen molar-refractivity contribution in [3.8, 4) is 0 Å². The molecular weight excluding hydrogens is 186 g/mol. The van der Waals surface area contributed by atoms with Gasteiger partial charge in [-0.15, -0.1) is 0 Å². The molecule has 0 saturated carbocycles. The van der Waals surface area contributed by atoms with Crippen LogP contribution in [-0.2, 0) is 0 Å². The van der Waals surface area contributed by atoms with Crippen LogP contribution in [0.3, 0.4) is 0 Å². The molecule has 0 aliphatic rings. The summed E-state index contributed by atoms with van der Waals surface area (Å²) in [5, 5.41) is 9.25. The maximum atomic E-state index is 7.13. The van der Waals surface area contributed by atoms with E-state index in [1.165, 1.54) is 17.5 Å². The van der Waals surface area contributed by atoms with E-state index in [1.54, 1.807) is 0 Å². The quantitative estimate of drug-likeness (QED) is 0.411. The Balaban J connectivity index is 4.65. The van der Waals surface area contributed by atoms with Crippen molar-refractivity contribution >= 4 is 27.3 Å². The summed E-state index contributed by atoms with van der Waals surface area (Å²) in [7, 11) is -0.198. The second kappa shape index (κ2) is 6.20. The molecule has 0 spiro atoms. The van der Waals surface area contributed by atoms with Crippen molar-refractivity contribution in [3.63, 3.8) is 0 Å². The van der Waals surface area contributed by atoms with Gasteiger partial charge in [0.2, 0.25) is 0 Å². The summed E-state index contributed by atoms with van der Waals surface area (Å²) in [6, 6.07) is 1.22. The third-order valence-electron chi connectivity index (χ3n) is 1.62. The van der Waals surface area contributed by atoms with E-state index in [2.05, 4.69) is 6.92 Å². The van der Waals surface area contributed by atoms with Gasteiger partial charge in [0.25, 0.3) is 0 Å². The molecule has 0 unspecified atom stereocenters. The van der Waals surface area contributed by atoms with Gasteiger partial charge in [0.15, 0.2) is 0 Å². The predicted octanol–water partition coefficient (Wildman–Crippen LogP) is 2.66. The van der Waals surface area contributed by atoms with Gasteiger partial charge in [0.1, 0.15) is 0 Å².